The molecule has 0 bridgehead atoms. The zero-order valence-electron chi connectivity index (χ0n) is 6.99. The Bertz CT molecular complexity index is 153. The molecule has 0 aromatic heterocycles. The number of hydrogen-bond acceptors (Lipinski definition) is 1. The van der Waals surface area contributed by atoms with Crippen molar-refractivity contribution >= 4 is 0 Å². The van der Waals surface area contributed by atoms with E-state index in [0.29, 0.717) is 0 Å². The fraction of sp³-hybridized carbons (Fsp3) is 0.556. The summed E-state index contributed by atoms with van der Waals surface area (Å²) >= 11 is 0. The third-order valence-corrected chi connectivity index (χ3v) is 1.04. The summed E-state index contributed by atoms with van der Waals surface area (Å²) in [6.45, 7) is 7.75. The topological polar surface area (TPSA) is 12.0 Å². The van der Waals surface area contributed by atoms with Crippen molar-refractivity contribution in [1.29, 1.82) is 0 Å². The largest absolute Gasteiger partial charge is 0.303 e. The van der Waals surface area contributed by atoms with Gasteiger partial charge in [-0.2, -0.15) is 0 Å². The van der Waals surface area contributed by atoms with Gasteiger partial charge in [0.15, 0.2) is 0 Å². The van der Waals surface area contributed by atoms with E-state index < -0.39 is 0 Å². The normalized spacial score (nSPS) is 7.90. The molecular weight excluding hydrogens is 122 g/mol. The van der Waals surface area contributed by atoms with Crippen LogP contribution in [-0.4, -0.2) is 13.1 Å². The van der Waals surface area contributed by atoms with Crippen molar-refractivity contribution in [2.24, 2.45) is 0 Å². The zero-order valence-corrected chi connectivity index (χ0v) is 6.99. The van der Waals surface area contributed by atoms with Crippen molar-refractivity contribution in [3.05, 3.63) is 11.6 Å². The second-order valence-electron chi connectivity index (χ2n) is 2.34. The summed E-state index contributed by atoms with van der Waals surface area (Å²) in [6, 6.07) is 0. The van der Waals surface area contributed by atoms with E-state index in [1.807, 2.05) is 6.92 Å². The molecule has 0 radical (unpaired) electrons. The first-order chi connectivity index (χ1) is 4.77. The molecule has 0 aromatic carbocycles. The third-order valence-electron chi connectivity index (χ3n) is 1.04. The Morgan fingerprint density at radius 3 is 2.70 bits per heavy atom. The molecule has 0 aliphatic carbocycles. The quantitative estimate of drug-likeness (QED) is 0.353. The molecule has 0 amide bonds. The van der Waals surface area contributed by atoms with E-state index in [1.165, 1.54) is 5.57 Å². The van der Waals surface area contributed by atoms with Crippen LogP contribution in [0.25, 0.3) is 0 Å². The molecule has 0 saturated heterocycles. The van der Waals surface area contributed by atoms with E-state index in [1.54, 1.807) is 0 Å². The highest BCUT2D eigenvalue weighted by Gasteiger charge is 1.77. The molecule has 0 fully saturated rings. The second-order valence-corrected chi connectivity index (χ2v) is 2.34. The van der Waals surface area contributed by atoms with Gasteiger partial charge < -0.3 is 5.32 Å². The van der Waals surface area contributed by atoms with Crippen molar-refractivity contribution in [1.82, 2.24) is 5.32 Å². The molecular formula is C9H15N. The molecule has 0 aliphatic rings. The molecule has 0 spiro atoms. The van der Waals surface area contributed by atoms with Gasteiger partial charge in [-0.3, -0.25) is 0 Å². The van der Waals surface area contributed by atoms with Gasteiger partial charge in [0.2, 0.25) is 0 Å². The summed E-state index contributed by atoms with van der Waals surface area (Å²) in [5.41, 5.74) is 1.34. The minimum atomic E-state index is 0.792. The Balaban J connectivity index is 3.19. The van der Waals surface area contributed by atoms with Gasteiger partial charge in [0, 0.05) is 6.54 Å². The van der Waals surface area contributed by atoms with E-state index in [2.05, 4.69) is 37.1 Å². The number of nitrogens with one attached hydrogen (secondary N) is 1. The van der Waals surface area contributed by atoms with Gasteiger partial charge in [-0.15, -0.1) is 5.92 Å². The average Bonchev–Trinajstić information content (AvgIpc) is 1.87. The minimum absolute atomic E-state index is 0.792. The van der Waals surface area contributed by atoms with Crippen molar-refractivity contribution in [2.75, 3.05) is 13.1 Å². The van der Waals surface area contributed by atoms with Crippen LogP contribution in [0.2, 0.25) is 0 Å². The van der Waals surface area contributed by atoms with E-state index in [-0.39, 0.29) is 0 Å². The van der Waals surface area contributed by atoms with Gasteiger partial charge in [0.25, 0.3) is 0 Å². The minimum Gasteiger partial charge on any atom is -0.303 e. The Morgan fingerprint density at radius 1 is 1.50 bits per heavy atom. The first-order valence-corrected chi connectivity index (χ1v) is 3.51. The summed E-state index contributed by atoms with van der Waals surface area (Å²) in [5.74, 6) is 5.75. The molecule has 1 heteroatoms. The van der Waals surface area contributed by atoms with Crippen molar-refractivity contribution in [2.45, 2.75) is 20.8 Å². The highest BCUT2D eigenvalue weighted by atomic mass is 14.8. The summed E-state index contributed by atoms with van der Waals surface area (Å²) in [5, 5.41) is 3.17. The van der Waals surface area contributed by atoms with Gasteiger partial charge in [0.1, 0.15) is 0 Å². The van der Waals surface area contributed by atoms with Gasteiger partial charge in [-0.1, -0.05) is 17.6 Å². The first kappa shape index (κ1) is 9.26. The molecule has 56 valence electrons. The fourth-order valence-electron chi connectivity index (χ4n) is 0.499. The monoisotopic (exact) mass is 137 g/mol. The Hall–Kier alpha value is -0.740. The molecule has 1 N–H and O–H groups in total. The van der Waals surface area contributed by atoms with Crippen molar-refractivity contribution in [3.63, 3.8) is 0 Å². The summed E-state index contributed by atoms with van der Waals surface area (Å²) in [4.78, 5) is 0. The molecule has 0 heterocycles. The summed E-state index contributed by atoms with van der Waals surface area (Å²) in [6.07, 6.45) is 2.15. The Kier molecular flexibility index (Phi) is 5.91. The fourth-order valence-corrected chi connectivity index (χ4v) is 0.499. The highest BCUT2D eigenvalue weighted by molar-refractivity contribution is 4.99. The standard InChI is InChI=1S/C9H15N/c1-4-5-7-10-8-6-9(2)3/h6,10H,7-8H2,1-3H3. The van der Waals surface area contributed by atoms with Crippen LogP contribution in [0.3, 0.4) is 0 Å². The lowest BCUT2D eigenvalue weighted by Gasteiger charge is -1.93. The number of hydrogen-bond donors (Lipinski definition) is 1. The van der Waals surface area contributed by atoms with Gasteiger partial charge in [0.05, 0.1) is 6.54 Å². The summed E-state index contributed by atoms with van der Waals surface area (Å²) < 4.78 is 0. The molecule has 0 aliphatic heterocycles. The third kappa shape index (κ3) is 7.26. The predicted molar refractivity (Wildman–Crippen MR) is 45.8 cm³/mol. The molecule has 0 saturated carbocycles. The molecule has 0 atom stereocenters. The van der Waals surface area contributed by atoms with Gasteiger partial charge >= 0.3 is 0 Å². The maximum absolute atomic E-state index is 3.17. The van der Waals surface area contributed by atoms with E-state index in [0.717, 1.165) is 13.1 Å². The van der Waals surface area contributed by atoms with Crippen LogP contribution in [0, 0.1) is 11.8 Å². The van der Waals surface area contributed by atoms with Crippen LogP contribution in [0.15, 0.2) is 11.6 Å². The van der Waals surface area contributed by atoms with Crippen LogP contribution in [0.5, 0.6) is 0 Å². The molecule has 0 aromatic rings. The Morgan fingerprint density at radius 2 is 2.20 bits per heavy atom. The highest BCUT2D eigenvalue weighted by Crippen LogP contribution is 1.84. The van der Waals surface area contributed by atoms with E-state index in [9.17, 15) is 0 Å². The van der Waals surface area contributed by atoms with Crippen LogP contribution in [-0.2, 0) is 0 Å². The van der Waals surface area contributed by atoms with Crippen molar-refractivity contribution in [3.8, 4) is 11.8 Å². The SMILES string of the molecule is CC#CCNCC=C(C)C. The first-order valence-electron chi connectivity index (χ1n) is 3.51. The molecule has 10 heavy (non-hydrogen) atoms. The smallest absolute Gasteiger partial charge is 0.0578 e. The number of rotatable bonds is 3. The molecule has 0 unspecified atom stereocenters. The van der Waals surface area contributed by atoms with Gasteiger partial charge in [-0.05, 0) is 20.8 Å². The lowest BCUT2D eigenvalue weighted by molar-refractivity contribution is 0.852. The maximum Gasteiger partial charge on any atom is 0.0578 e. The van der Waals surface area contributed by atoms with Crippen LogP contribution >= 0.6 is 0 Å². The predicted octanol–water partition coefficient (Wildman–Crippen LogP) is 1.57. The summed E-state index contributed by atoms with van der Waals surface area (Å²) in [7, 11) is 0. The molecule has 0 rings (SSSR count). The van der Waals surface area contributed by atoms with Crippen molar-refractivity contribution < 1.29 is 0 Å². The van der Waals surface area contributed by atoms with E-state index in [4.69, 9.17) is 0 Å². The molecule has 1 nitrogen and oxygen atoms in total. The second kappa shape index (κ2) is 6.38. The lowest BCUT2D eigenvalue weighted by Crippen LogP contribution is -2.13. The van der Waals surface area contributed by atoms with Crippen LogP contribution in [0.4, 0.5) is 0 Å². The lowest BCUT2D eigenvalue weighted by atomic mass is 10.3. The van der Waals surface area contributed by atoms with Crippen LogP contribution in [0.1, 0.15) is 20.8 Å². The Labute approximate surface area is 63.5 Å². The average molecular weight is 137 g/mol. The maximum atomic E-state index is 3.17. The number of allylic oxidation sites excluding steroid dienone is 1. The van der Waals surface area contributed by atoms with Gasteiger partial charge in [-0.25, -0.2) is 0 Å². The van der Waals surface area contributed by atoms with Crippen LogP contribution < -0.4 is 5.32 Å². The van der Waals surface area contributed by atoms with E-state index >= 15 is 0 Å². The zero-order chi connectivity index (χ0) is 7.82.